The molecule has 0 spiro atoms. The summed E-state index contributed by atoms with van der Waals surface area (Å²) in [5.74, 6) is -0.965. The van der Waals surface area contributed by atoms with Crippen LogP contribution in [0, 0.1) is 0 Å². The molecule has 1 N–H and O–H groups in total. The monoisotopic (exact) mass is 251 g/mol. The van der Waals surface area contributed by atoms with E-state index in [9.17, 15) is 9.59 Å². The molecule has 17 heavy (non-hydrogen) atoms. The number of halogens is 1. The summed E-state index contributed by atoms with van der Waals surface area (Å²) in [6, 6.07) is 6.31. The number of aromatic nitrogens is 1. The number of aliphatic carboxylic acids is 1. The molecule has 0 aliphatic heterocycles. The topological polar surface area (TPSA) is 59.3 Å². The van der Waals surface area contributed by atoms with Crippen LogP contribution in [0.1, 0.15) is 5.69 Å². The zero-order valence-electron chi connectivity index (χ0n) is 9.11. The van der Waals surface area contributed by atoms with Crippen molar-refractivity contribution in [1.29, 1.82) is 0 Å². The highest BCUT2D eigenvalue weighted by Crippen LogP contribution is 2.17. The molecular formula is C12H10ClNO3. The second kappa shape index (κ2) is 4.22. The van der Waals surface area contributed by atoms with Crippen LogP contribution in [0.5, 0.6) is 0 Å². The Hall–Kier alpha value is -1.81. The minimum absolute atomic E-state index is 0.176. The van der Waals surface area contributed by atoms with Crippen molar-refractivity contribution in [3.63, 3.8) is 0 Å². The van der Waals surface area contributed by atoms with E-state index in [1.54, 1.807) is 29.8 Å². The Bertz CT molecular complexity index is 661. The van der Waals surface area contributed by atoms with E-state index < -0.39 is 5.97 Å². The summed E-state index contributed by atoms with van der Waals surface area (Å²) in [6.07, 6.45) is -0.176. The van der Waals surface area contributed by atoms with Crippen LogP contribution >= 0.6 is 11.6 Å². The Morgan fingerprint density at radius 2 is 2.12 bits per heavy atom. The van der Waals surface area contributed by atoms with Crippen LogP contribution in [0.25, 0.3) is 10.9 Å². The lowest BCUT2D eigenvalue weighted by molar-refractivity contribution is -0.136. The summed E-state index contributed by atoms with van der Waals surface area (Å²) >= 11 is 5.82. The fourth-order valence-corrected chi connectivity index (χ4v) is 1.98. The van der Waals surface area contributed by atoms with Crippen molar-refractivity contribution in [2.45, 2.75) is 6.42 Å². The van der Waals surface area contributed by atoms with Gasteiger partial charge in [0, 0.05) is 29.2 Å². The standard InChI is InChI=1S/C12H10ClNO3/c1-14-8(6-12(16)17)5-11(15)9-4-7(13)2-3-10(9)14/h2-5H,6H2,1H3,(H,16,17). The molecule has 2 aromatic rings. The molecule has 0 aliphatic rings. The van der Waals surface area contributed by atoms with Gasteiger partial charge in [0.05, 0.1) is 11.9 Å². The van der Waals surface area contributed by atoms with Gasteiger partial charge in [0.15, 0.2) is 5.43 Å². The molecule has 0 saturated carbocycles. The maximum absolute atomic E-state index is 11.8. The lowest BCUT2D eigenvalue weighted by Crippen LogP contribution is -2.14. The molecule has 0 aliphatic carbocycles. The lowest BCUT2D eigenvalue weighted by atomic mass is 10.1. The van der Waals surface area contributed by atoms with Gasteiger partial charge in [0.1, 0.15) is 0 Å². The van der Waals surface area contributed by atoms with Gasteiger partial charge in [-0.2, -0.15) is 0 Å². The summed E-state index contributed by atoms with van der Waals surface area (Å²) in [5.41, 5.74) is 0.937. The van der Waals surface area contributed by atoms with Crippen LogP contribution < -0.4 is 5.43 Å². The average molecular weight is 252 g/mol. The second-order valence-corrected chi connectivity index (χ2v) is 4.23. The molecule has 5 heteroatoms. The number of fused-ring (bicyclic) bond motifs is 1. The Labute approximate surface area is 102 Å². The largest absolute Gasteiger partial charge is 0.481 e. The van der Waals surface area contributed by atoms with Gasteiger partial charge in [0.2, 0.25) is 0 Å². The molecule has 1 aromatic heterocycles. The average Bonchev–Trinajstić information content (AvgIpc) is 2.25. The minimum atomic E-state index is -0.965. The van der Waals surface area contributed by atoms with E-state index in [4.69, 9.17) is 16.7 Å². The van der Waals surface area contributed by atoms with Crippen molar-refractivity contribution < 1.29 is 9.90 Å². The normalized spacial score (nSPS) is 10.7. The van der Waals surface area contributed by atoms with Gasteiger partial charge in [-0.05, 0) is 18.2 Å². The first-order chi connectivity index (χ1) is 7.99. The molecule has 2 rings (SSSR count). The number of carboxylic acids is 1. The van der Waals surface area contributed by atoms with Crippen LogP contribution in [0.4, 0.5) is 0 Å². The lowest BCUT2D eigenvalue weighted by Gasteiger charge is -2.10. The van der Waals surface area contributed by atoms with Gasteiger partial charge in [-0.25, -0.2) is 0 Å². The van der Waals surface area contributed by atoms with Crippen LogP contribution in [-0.2, 0) is 18.3 Å². The van der Waals surface area contributed by atoms with Crippen LogP contribution in [-0.4, -0.2) is 15.6 Å². The summed E-state index contributed by atoms with van der Waals surface area (Å²) in [6.45, 7) is 0. The van der Waals surface area contributed by atoms with Gasteiger partial charge in [-0.15, -0.1) is 0 Å². The number of nitrogens with zero attached hydrogens (tertiary/aromatic N) is 1. The molecule has 0 amide bonds. The first kappa shape index (κ1) is 11.7. The van der Waals surface area contributed by atoms with Crippen molar-refractivity contribution in [2.75, 3.05) is 0 Å². The first-order valence-corrected chi connectivity index (χ1v) is 5.37. The van der Waals surface area contributed by atoms with E-state index in [0.717, 1.165) is 0 Å². The number of rotatable bonds is 2. The van der Waals surface area contributed by atoms with E-state index >= 15 is 0 Å². The Balaban J connectivity index is 2.76. The molecule has 0 radical (unpaired) electrons. The number of carboxylic acid groups (broad SMARTS) is 1. The van der Waals surface area contributed by atoms with E-state index in [1.165, 1.54) is 6.07 Å². The zero-order chi connectivity index (χ0) is 12.6. The summed E-state index contributed by atoms with van der Waals surface area (Å²) in [4.78, 5) is 22.5. The van der Waals surface area contributed by atoms with Crippen LogP contribution in [0.2, 0.25) is 5.02 Å². The Morgan fingerprint density at radius 3 is 2.76 bits per heavy atom. The summed E-state index contributed by atoms with van der Waals surface area (Å²) in [5, 5.41) is 9.74. The third-order valence-corrected chi connectivity index (χ3v) is 2.88. The smallest absolute Gasteiger partial charge is 0.309 e. The van der Waals surface area contributed by atoms with Crippen molar-refractivity contribution in [2.24, 2.45) is 7.05 Å². The molecule has 4 nitrogen and oxygen atoms in total. The van der Waals surface area contributed by atoms with Gasteiger partial charge in [-0.1, -0.05) is 11.6 Å². The minimum Gasteiger partial charge on any atom is -0.481 e. The van der Waals surface area contributed by atoms with Gasteiger partial charge in [-0.3, -0.25) is 9.59 Å². The summed E-state index contributed by atoms with van der Waals surface area (Å²) in [7, 11) is 1.73. The molecule has 88 valence electrons. The molecule has 0 bridgehead atoms. The van der Waals surface area contributed by atoms with E-state index in [-0.39, 0.29) is 11.8 Å². The fraction of sp³-hybridized carbons (Fsp3) is 0.167. The van der Waals surface area contributed by atoms with E-state index in [1.807, 2.05) is 0 Å². The number of pyridine rings is 1. The highest BCUT2D eigenvalue weighted by atomic mass is 35.5. The quantitative estimate of drug-likeness (QED) is 0.886. The van der Waals surface area contributed by atoms with Crippen LogP contribution in [0.15, 0.2) is 29.1 Å². The predicted molar refractivity (Wildman–Crippen MR) is 65.5 cm³/mol. The molecule has 0 unspecified atom stereocenters. The third kappa shape index (κ3) is 2.17. The highest BCUT2D eigenvalue weighted by Gasteiger charge is 2.09. The summed E-state index contributed by atoms with van der Waals surface area (Å²) < 4.78 is 1.70. The molecule has 1 aromatic carbocycles. The predicted octanol–water partition coefficient (Wildman–Crippen LogP) is 1.82. The van der Waals surface area contributed by atoms with Gasteiger partial charge < -0.3 is 9.67 Å². The van der Waals surface area contributed by atoms with Crippen LogP contribution in [0.3, 0.4) is 0 Å². The number of aryl methyl sites for hydroxylation is 1. The second-order valence-electron chi connectivity index (χ2n) is 3.79. The third-order valence-electron chi connectivity index (χ3n) is 2.65. The number of hydrogen-bond acceptors (Lipinski definition) is 2. The number of carbonyl (C=O) groups is 1. The zero-order valence-corrected chi connectivity index (χ0v) is 9.86. The van der Waals surface area contributed by atoms with Crippen molar-refractivity contribution in [3.8, 4) is 0 Å². The van der Waals surface area contributed by atoms with Crippen molar-refractivity contribution >= 4 is 28.5 Å². The van der Waals surface area contributed by atoms with Gasteiger partial charge >= 0.3 is 5.97 Å². The molecule has 0 atom stereocenters. The molecular weight excluding hydrogens is 242 g/mol. The number of hydrogen-bond donors (Lipinski definition) is 1. The highest BCUT2D eigenvalue weighted by molar-refractivity contribution is 6.31. The van der Waals surface area contributed by atoms with E-state index in [2.05, 4.69) is 0 Å². The Kier molecular flexibility index (Phi) is 2.90. The van der Waals surface area contributed by atoms with E-state index in [0.29, 0.717) is 21.6 Å². The number of benzene rings is 1. The van der Waals surface area contributed by atoms with Crippen molar-refractivity contribution in [1.82, 2.24) is 4.57 Å². The first-order valence-electron chi connectivity index (χ1n) is 4.99. The molecule has 1 heterocycles. The molecule has 0 fully saturated rings. The Morgan fingerprint density at radius 1 is 1.41 bits per heavy atom. The van der Waals surface area contributed by atoms with Gasteiger partial charge in [0.25, 0.3) is 0 Å². The SMILES string of the molecule is Cn1c(CC(=O)O)cc(=O)c2cc(Cl)ccc21. The molecule has 0 saturated heterocycles. The van der Waals surface area contributed by atoms with Crippen molar-refractivity contribution in [3.05, 3.63) is 45.2 Å². The maximum Gasteiger partial charge on any atom is 0.309 e. The fourth-order valence-electron chi connectivity index (χ4n) is 1.80. The maximum atomic E-state index is 11.8.